The molecule has 0 aliphatic rings. The number of carbonyl (C=O) groups excluding carboxylic acids is 2. The first-order valence-electron chi connectivity index (χ1n) is 9.81. The van der Waals surface area contributed by atoms with Gasteiger partial charge in [0.15, 0.2) is 5.82 Å². The number of aromatic nitrogens is 2. The molecule has 0 spiro atoms. The molecule has 0 saturated heterocycles. The van der Waals surface area contributed by atoms with Crippen LogP contribution in [-0.4, -0.2) is 53.4 Å². The van der Waals surface area contributed by atoms with E-state index in [2.05, 4.69) is 15.7 Å². The van der Waals surface area contributed by atoms with E-state index in [-0.39, 0.29) is 16.4 Å². The quantitative estimate of drug-likeness (QED) is 0.624. The Balaban J connectivity index is 2.21. The number of sulfonamides is 1. The minimum atomic E-state index is -3.69. The lowest BCUT2D eigenvalue weighted by Crippen LogP contribution is -2.47. The van der Waals surface area contributed by atoms with Crippen molar-refractivity contribution in [1.82, 2.24) is 19.4 Å². The van der Waals surface area contributed by atoms with Crippen LogP contribution in [0.4, 0.5) is 5.82 Å². The van der Waals surface area contributed by atoms with Gasteiger partial charge in [-0.25, -0.2) is 8.42 Å². The first-order valence-corrected chi connectivity index (χ1v) is 11.3. The molecule has 1 aromatic carbocycles. The number of nitrogens with zero attached hydrogens (tertiary/aromatic N) is 3. The summed E-state index contributed by atoms with van der Waals surface area (Å²) in [5.74, 6) is -0.736. The molecule has 0 aliphatic heterocycles. The maximum atomic E-state index is 12.8. The lowest BCUT2D eigenvalue weighted by atomic mass is 10.0. The Kier molecular flexibility index (Phi) is 7.74. The van der Waals surface area contributed by atoms with Gasteiger partial charge in [-0.2, -0.15) is 9.40 Å². The van der Waals surface area contributed by atoms with Crippen LogP contribution in [0, 0.1) is 5.92 Å². The lowest BCUT2D eigenvalue weighted by Gasteiger charge is -2.22. The lowest BCUT2D eigenvalue weighted by molar-refractivity contribution is -0.118. The van der Waals surface area contributed by atoms with Crippen LogP contribution in [0.15, 0.2) is 41.4 Å². The van der Waals surface area contributed by atoms with Crippen molar-refractivity contribution < 1.29 is 18.0 Å². The van der Waals surface area contributed by atoms with Gasteiger partial charge in [0, 0.05) is 38.0 Å². The molecule has 1 heterocycles. The Bertz CT molecular complexity index is 996. The van der Waals surface area contributed by atoms with Gasteiger partial charge in [0.1, 0.15) is 6.04 Å². The van der Waals surface area contributed by atoms with Crippen LogP contribution in [0.1, 0.15) is 38.1 Å². The zero-order chi connectivity index (χ0) is 22.5. The summed E-state index contributed by atoms with van der Waals surface area (Å²) in [6, 6.07) is 6.66. The van der Waals surface area contributed by atoms with Crippen LogP contribution in [0.5, 0.6) is 0 Å². The SMILES string of the molecule is CCN(CC)S(=O)(=O)c1cccc(C(=O)NC(C(=O)Nc2ccn(C)n2)C(C)C)c1. The molecule has 0 aliphatic carbocycles. The number of carbonyl (C=O) groups is 2. The number of benzene rings is 1. The summed E-state index contributed by atoms with van der Waals surface area (Å²) in [6.45, 7) is 7.79. The van der Waals surface area contributed by atoms with Crippen molar-refractivity contribution in [3.8, 4) is 0 Å². The molecule has 2 aromatic rings. The molecular formula is C20H29N5O4S. The van der Waals surface area contributed by atoms with Gasteiger partial charge >= 0.3 is 0 Å². The first-order chi connectivity index (χ1) is 14.1. The van der Waals surface area contributed by atoms with Crippen molar-refractivity contribution in [2.75, 3.05) is 18.4 Å². The number of hydrogen-bond donors (Lipinski definition) is 2. The predicted octanol–water partition coefficient (Wildman–Crippen LogP) is 1.84. The van der Waals surface area contributed by atoms with Crippen molar-refractivity contribution in [3.63, 3.8) is 0 Å². The van der Waals surface area contributed by atoms with Crippen molar-refractivity contribution in [3.05, 3.63) is 42.1 Å². The van der Waals surface area contributed by atoms with Gasteiger partial charge in [0.05, 0.1) is 4.90 Å². The van der Waals surface area contributed by atoms with Crippen LogP contribution in [0.2, 0.25) is 0 Å². The fourth-order valence-electron chi connectivity index (χ4n) is 2.96. The highest BCUT2D eigenvalue weighted by Gasteiger charge is 2.27. The minimum Gasteiger partial charge on any atom is -0.340 e. The fraction of sp³-hybridized carbons (Fsp3) is 0.450. The molecule has 1 atom stereocenters. The highest BCUT2D eigenvalue weighted by atomic mass is 32.2. The molecule has 2 amide bonds. The molecule has 0 saturated carbocycles. The van der Waals surface area contributed by atoms with E-state index in [4.69, 9.17) is 0 Å². The van der Waals surface area contributed by atoms with Crippen LogP contribution in [-0.2, 0) is 21.9 Å². The van der Waals surface area contributed by atoms with Crippen molar-refractivity contribution in [1.29, 1.82) is 0 Å². The monoisotopic (exact) mass is 435 g/mol. The average molecular weight is 436 g/mol. The van der Waals surface area contributed by atoms with Gasteiger partial charge in [-0.1, -0.05) is 33.8 Å². The van der Waals surface area contributed by atoms with Gasteiger partial charge < -0.3 is 10.6 Å². The summed E-state index contributed by atoms with van der Waals surface area (Å²) < 4.78 is 28.3. The first kappa shape index (κ1) is 23.6. The molecule has 0 radical (unpaired) electrons. The van der Waals surface area contributed by atoms with E-state index in [1.54, 1.807) is 37.8 Å². The highest BCUT2D eigenvalue weighted by Crippen LogP contribution is 2.17. The maximum absolute atomic E-state index is 12.8. The Morgan fingerprint density at radius 3 is 2.37 bits per heavy atom. The molecule has 1 unspecified atom stereocenters. The summed E-state index contributed by atoms with van der Waals surface area (Å²) in [7, 11) is -1.96. The molecular weight excluding hydrogens is 406 g/mol. The predicted molar refractivity (Wildman–Crippen MR) is 114 cm³/mol. The van der Waals surface area contributed by atoms with Gasteiger partial charge in [-0.3, -0.25) is 14.3 Å². The van der Waals surface area contributed by atoms with Crippen LogP contribution in [0.3, 0.4) is 0 Å². The average Bonchev–Trinajstić information content (AvgIpc) is 3.10. The highest BCUT2D eigenvalue weighted by molar-refractivity contribution is 7.89. The number of amides is 2. The second-order valence-corrected chi connectivity index (χ2v) is 9.11. The molecule has 2 rings (SSSR count). The zero-order valence-corrected chi connectivity index (χ0v) is 18.7. The summed E-state index contributed by atoms with van der Waals surface area (Å²) in [5, 5.41) is 9.48. The molecule has 9 nitrogen and oxygen atoms in total. The fourth-order valence-corrected chi connectivity index (χ4v) is 4.46. The molecule has 164 valence electrons. The smallest absolute Gasteiger partial charge is 0.251 e. The molecule has 30 heavy (non-hydrogen) atoms. The van der Waals surface area contributed by atoms with Crippen molar-refractivity contribution in [2.45, 2.75) is 38.6 Å². The largest absolute Gasteiger partial charge is 0.340 e. The minimum absolute atomic E-state index is 0.0397. The van der Waals surface area contributed by atoms with E-state index >= 15 is 0 Å². The van der Waals surface area contributed by atoms with Crippen LogP contribution >= 0.6 is 0 Å². The van der Waals surface area contributed by atoms with E-state index in [9.17, 15) is 18.0 Å². The maximum Gasteiger partial charge on any atom is 0.251 e. The summed E-state index contributed by atoms with van der Waals surface area (Å²) >= 11 is 0. The van der Waals surface area contributed by atoms with Crippen LogP contribution in [0.25, 0.3) is 0 Å². The van der Waals surface area contributed by atoms with Crippen molar-refractivity contribution in [2.24, 2.45) is 13.0 Å². The topological polar surface area (TPSA) is 113 Å². The summed E-state index contributed by atoms with van der Waals surface area (Å²) in [4.78, 5) is 25.5. The third-order valence-electron chi connectivity index (χ3n) is 4.64. The Morgan fingerprint density at radius 1 is 1.17 bits per heavy atom. The van der Waals surface area contributed by atoms with E-state index in [0.717, 1.165) is 0 Å². The zero-order valence-electron chi connectivity index (χ0n) is 17.9. The molecule has 0 bridgehead atoms. The van der Waals surface area contributed by atoms with E-state index in [1.807, 2.05) is 13.8 Å². The molecule has 2 N–H and O–H groups in total. The normalized spacial score (nSPS) is 12.8. The molecule has 0 fully saturated rings. The second kappa shape index (κ2) is 9.86. The van der Waals surface area contributed by atoms with Crippen LogP contribution < -0.4 is 10.6 Å². The van der Waals surface area contributed by atoms with Gasteiger partial charge in [0.2, 0.25) is 15.9 Å². The number of hydrogen-bond acceptors (Lipinski definition) is 5. The number of anilines is 1. The Hall–Kier alpha value is -2.72. The third-order valence-corrected chi connectivity index (χ3v) is 6.69. The summed E-state index contributed by atoms with van der Waals surface area (Å²) in [5.41, 5.74) is 0.166. The molecule has 1 aromatic heterocycles. The molecule has 10 heteroatoms. The van der Waals surface area contributed by atoms with E-state index in [1.165, 1.54) is 28.6 Å². The van der Waals surface area contributed by atoms with E-state index < -0.39 is 27.9 Å². The standard InChI is InChI=1S/C20H29N5O4S/c1-6-25(7-2)30(28,29)16-10-8-9-15(13-16)19(26)22-18(14(3)4)20(27)21-17-11-12-24(5)23-17/h8-14,18H,6-7H2,1-5H3,(H,22,26)(H,21,23,27). The van der Waals surface area contributed by atoms with Gasteiger partial charge in [-0.15, -0.1) is 0 Å². The van der Waals surface area contributed by atoms with Gasteiger partial charge in [-0.05, 0) is 24.1 Å². The Morgan fingerprint density at radius 2 is 1.83 bits per heavy atom. The number of nitrogens with one attached hydrogen (secondary N) is 2. The third kappa shape index (κ3) is 5.45. The number of aryl methyl sites for hydroxylation is 1. The Labute approximate surface area is 177 Å². The van der Waals surface area contributed by atoms with E-state index in [0.29, 0.717) is 18.9 Å². The van der Waals surface area contributed by atoms with Gasteiger partial charge in [0.25, 0.3) is 5.91 Å². The number of rotatable bonds is 9. The van der Waals surface area contributed by atoms with Crippen molar-refractivity contribution >= 4 is 27.7 Å². The summed E-state index contributed by atoms with van der Waals surface area (Å²) in [6.07, 6.45) is 1.69. The second-order valence-electron chi connectivity index (χ2n) is 7.18.